The number of piperazine rings is 1. The van der Waals surface area contributed by atoms with Crippen LogP contribution in [0.2, 0.25) is 5.15 Å². The van der Waals surface area contributed by atoms with E-state index in [-0.39, 0.29) is 11.2 Å². The summed E-state index contributed by atoms with van der Waals surface area (Å²) in [5.74, 6) is -0.567. The molecule has 1 saturated heterocycles. The molecule has 1 aromatic heterocycles. The first-order valence-corrected chi connectivity index (χ1v) is 5.92. The van der Waals surface area contributed by atoms with Crippen LogP contribution < -0.4 is 4.90 Å². The van der Waals surface area contributed by atoms with Crippen molar-refractivity contribution in [2.45, 2.75) is 13.0 Å². The van der Waals surface area contributed by atoms with E-state index >= 15 is 0 Å². The minimum atomic E-state index is -0.928. The maximum atomic E-state index is 13.3. The predicted molar refractivity (Wildman–Crippen MR) is 65.6 cm³/mol. The van der Waals surface area contributed by atoms with Gasteiger partial charge >= 0.3 is 6.09 Å². The van der Waals surface area contributed by atoms with Crippen molar-refractivity contribution in [3.8, 4) is 0 Å². The highest BCUT2D eigenvalue weighted by Crippen LogP contribution is 2.22. The van der Waals surface area contributed by atoms with Gasteiger partial charge in [0.25, 0.3) is 0 Å². The molecule has 98 valence electrons. The average Bonchev–Trinajstić information content (AvgIpc) is 2.32. The Morgan fingerprint density at radius 1 is 1.61 bits per heavy atom. The molecule has 0 saturated carbocycles. The first-order chi connectivity index (χ1) is 8.49. The summed E-state index contributed by atoms with van der Waals surface area (Å²) in [6.45, 7) is 3.23. The van der Waals surface area contributed by atoms with Crippen molar-refractivity contribution in [2.75, 3.05) is 24.5 Å². The van der Waals surface area contributed by atoms with Gasteiger partial charge in [-0.25, -0.2) is 14.2 Å². The molecule has 2 heterocycles. The van der Waals surface area contributed by atoms with E-state index in [2.05, 4.69) is 4.98 Å². The van der Waals surface area contributed by atoms with E-state index in [1.165, 1.54) is 17.2 Å². The first-order valence-electron chi connectivity index (χ1n) is 5.54. The number of pyridine rings is 1. The fourth-order valence-corrected chi connectivity index (χ4v) is 2.16. The third-order valence-corrected chi connectivity index (χ3v) is 3.30. The molecule has 0 aliphatic carbocycles. The van der Waals surface area contributed by atoms with Crippen LogP contribution in [0.25, 0.3) is 0 Å². The number of carboxylic acid groups (broad SMARTS) is 1. The highest BCUT2D eigenvalue weighted by atomic mass is 35.5. The van der Waals surface area contributed by atoms with Crippen LogP contribution in [-0.2, 0) is 0 Å². The van der Waals surface area contributed by atoms with Crippen molar-refractivity contribution in [3.05, 3.63) is 23.2 Å². The van der Waals surface area contributed by atoms with Crippen LogP contribution in [0.4, 0.5) is 14.9 Å². The van der Waals surface area contributed by atoms with Crippen molar-refractivity contribution < 1.29 is 14.3 Å². The van der Waals surface area contributed by atoms with Crippen molar-refractivity contribution >= 4 is 23.4 Å². The molecule has 7 heteroatoms. The number of amides is 1. The summed E-state index contributed by atoms with van der Waals surface area (Å²) in [6, 6.07) is 1.17. The Morgan fingerprint density at radius 3 is 2.89 bits per heavy atom. The number of anilines is 1. The minimum absolute atomic E-state index is 0.144. The maximum absolute atomic E-state index is 13.3. The molecule has 0 bridgehead atoms. The second-order valence-corrected chi connectivity index (χ2v) is 4.60. The van der Waals surface area contributed by atoms with E-state index in [4.69, 9.17) is 16.7 Å². The van der Waals surface area contributed by atoms with Gasteiger partial charge in [0.1, 0.15) is 0 Å². The lowest BCUT2D eigenvalue weighted by Gasteiger charge is -2.39. The SMILES string of the molecule is CC1CN(c2cnc(Cl)c(F)c2)CCN1C(=O)O. The van der Waals surface area contributed by atoms with E-state index in [0.717, 1.165) is 0 Å². The molecule has 0 aromatic carbocycles. The third kappa shape index (κ3) is 2.48. The molecule has 0 radical (unpaired) electrons. The zero-order valence-corrected chi connectivity index (χ0v) is 10.6. The van der Waals surface area contributed by atoms with Gasteiger partial charge in [0.2, 0.25) is 0 Å². The zero-order valence-electron chi connectivity index (χ0n) is 9.81. The van der Waals surface area contributed by atoms with Crippen LogP contribution in [0.3, 0.4) is 0 Å². The summed E-state index contributed by atoms with van der Waals surface area (Å²) in [5, 5.41) is 8.81. The van der Waals surface area contributed by atoms with E-state index in [0.29, 0.717) is 25.3 Å². The van der Waals surface area contributed by atoms with Crippen molar-refractivity contribution in [1.29, 1.82) is 0 Å². The Hall–Kier alpha value is -1.56. The van der Waals surface area contributed by atoms with Crippen LogP contribution in [0.5, 0.6) is 0 Å². The van der Waals surface area contributed by atoms with Crippen molar-refractivity contribution in [1.82, 2.24) is 9.88 Å². The van der Waals surface area contributed by atoms with Gasteiger partial charge < -0.3 is 14.9 Å². The van der Waals surface area contributed by atoms with E-state index in [9.17, 15) is 9.18 Å². The van der Waals surface area contributed by atoms with Gasteiger partial charge in [-0.15, -0.1) is 0 Å². The lowest BCUT2D eigenvalue weighted by Crippen LogP contribution is -2.53. The number of hydrogen-bond acceptors (Lipinski definition) is 3. The van der Waals surface area contributed by atoms with Gasteiger partial charge in [-0.3, -0.25) is 0 Å². The number of rotatable bonds is 1. The summed E-state index contributed by atoms with van der Waals surface area (Å²) < 4.78 is 13.3. The van der Waals surface area contributed by atoms with Crippen LogP contribution in [-0.4, -0.2) is 46.8 Å². The fraction of sp³-hybridized carbons (Fsp3) is 0.455. The molecule has 1 aromatic rings. The Labute approximate surface area is 109 Å². The monoisotopic (exact) mass is 273 g/mol. The molecule has 1 atom stereocenters. The number of hydrogen-bond donors (Lipinski definition) is 1. The molecule has 2 rings (SSSR count). The molecule has 5 nitrogen and oxygen atoms in total. The molecule has 18 heavy (non-hydrogen) atoms. The maximum Gasteiger partial charge on any atom is 0.407 e. The van der Waals surface area contributed by atoms with E-state index in [1.807, 2.05) is 11.8 Å². The van der Waals surface area contributed by atoms with Crippen LogP contribution >= 0.6 is 11.6 Å². The van der Waals surface area contributed by atoms with Gasteiger partial charge in [-0.2, -0.15) is 0 Å². The van der Waals surface area contributed by atoms with E-state index in [1.54, 1.807) is 0 Å². The van der Waals surface area contributed by atoms with Crippen molar-refractivity contribution in [2.24, 2.45) is 0 Å². The molecule has 1 fully saturated rings. The largest absolute Gasteiger partial charge is 0.465 e. The lowest BCUT2D eigenvalue weighted by atomic mass is 10.2. The molecule has 1 N–H and O–H groups in total. The summed E-state index contributed by atoms with van der Waals surface area (Å²) in [7, 11) is 0. The number of nitrogens with zero attached hydrogens (tertiary/aromatic N) is 3. The summed E-state index contributed by atoms with van der Waals surface area (Å²) in [6.07, 6.45) is 0.566. The van der Waals surface area contributed by atoms with Crippen molar-refractivity contribution in [3.63, 3.8) is 0 Å². The third-order valence-electron chi connectivity index (χ3n) is 3.02. The summed E-state index contributed by atoms with van der Waals surface area (Å²) >= 11 is 5.52. The minimum Gasteiger partial charge on any atom is -0.465 e. The fourth-order valence-electron chi connectivity index (χ4n) is 2.06. The van der Waals surface area contributed by atoms with Gasteiger partial charge in [-0.05, 0) is 6.92 Å². The molecular formula is C11H13ClFN3O2. The Kier molecular flexibility index (Phi) is 3.56. The average molecular weight is 274 g/mol. The van der Waals surface area contributed by atoms with Gasteiger partial charge in [0, 0.05) is 31.7 Å². The number of carbonyl (C=O) groups is 1. The standard InChI is InChI=1S/C11H13ClFN3O2/c1-7-6-15(2-3-16(7)11(17)18)8-4-9(13)10(12)14-5-8/h4-5,7H,2-3,6H2,1H3,(H,17,18). The Morgan fingerprint density at radius 2 is 2.33 bits per heavy atom. The number of aromatic nitrogens is 1. The second-order valence-electron chi connectivity index (χ2n) is 4.24. The van der Waals surface area contributed by atoms with E-state index < -0.39 is 11.9 Å². The first kappa shape index (κ1) is 12.9. The van der Waals surface area contributed by atoms with Crippen LogP contribution in [0.15, 0.2) is 12.3 Å². The highest BCUT2D eigenvalue weighted by molar-refractivity contribution is 6.29. The summed E-state index contributed by atoms with van der Waals surface area (Å²) in [4.78, 5) is 17.9. The molecule has 1 aliphatic heterocycles. The lowest BCUT2D eigenvalue weighted by molar-refractivity contribution is 0.122. The molecular weight excluding hydrogens is 261 g/mol. The van der Waals surface area contributed by atoms with Crippen LogP contribution in [0, 0.1) is 5.82 Å². The van der Waals surface area contributed by atoms with Gasteiger partial charge in [0.15, 0.2) is 11.0 Å². The smallest absolute Gasteiger partial charge is 0.407 e. The Balaban J connectivity index is 2.12. The Bertz CT molecular complexity index is 472. The molecule has 1 unspecified atom stereocenters. The second kappa shape index (κ2) is 4.97. The zero-order chi connectivity index (χ0) is 13.3. The highest BCUT2D eigenvalue weighted by Gasteiger charge is 2.27. The van der Waals surface area contributed by atoms with Gasteiger partial charge in [-0.1, -0.05) is 11.6 Å². The molecule has 0 spiro atoms. The topological polar surface area (TPSA) is 56.7 Å². The molecule has 1 aliphatic rings. The van der Waals surface area contributed by atoms with Crippen LogP contribution in [0.1, 0.15) is 6.92 Å². The normalized spacial score (nSPS) is 20.1. The number of halogens is 2. The summed E-state index contributed by atoms with van der Waals surface area (Å²) in [5.41, 5.74) is 0.619. The molecule has 1 amide bonds. The van der Waals surface area contributed by atoms with Gasteiger partial charge in [0.05, 0.1) is 11.9 Å². The predicted octanol–water partition coefficient (Wildman–Crippen LogP) is 2.06. The quantitative estimate of drug-likeness (QED) is 0.796.